The van der Waals surface area contributed by atoms with Gasteiger partial charge in [0, 0.05) is 20.5 Å². The Kier molecular flexibility index (Phi) is 5.94. The largest absolute Gasteiger partial charge is 0.497 e. The number of halogens is 1. The van der Waals surface area contributed by atoms with E-state index in [9.17, 15) is 4.79 Å². The summed E-state index contributed by atoms with van der Waals surface area (Å²) in [6.45, 7) is 4.56. The fraction of sp³-hybridized carbons (Fsp3) is 0.182. The minimum absolute atomic E-state index is 0.271. The molecule has 0 atom stereocenters. The number of methoxy groups -OCH3 is 1. The summed E-state index contributed by atoms with van der Waals surface area (Å²) in [6.07, 6.45) is 0. The normalized spacial score (nSPS) is 10.9. The van der Waals surface area contributed by atoms with Gasteiger partial charge in [0.25, 0.3) is 5.91 Å². The lowest BCUT2D eigenvalue weighted by Crippen LogP contribution is -2.10. The van der Waals surface area contributed by atoms with Crippen molar-refractivity contribution in [1.29, 1.82) is 0 Å². The third-order valence-electron chi connectivity index (χ3n) is 4.50. The van der Waals surface area contributed by atoms with Crippen LogP contribution in [0.25, 0.3) is 21.3 Å². The van der Waals surface area contributed by atoms with Gasteiger partial charge in [0.1, 0.15) is 16.4 Å². The number of hydrogen-bond donors (Lipinski definition) is 1. The van der Waals surface area contributed by atoms with Crippen molar-refractivity contribution in [1.82, 2.24) is 4.98 Å². The van der Waals surface area contributed by atoms with Gasteiger partial charge in [0.2, 0.25) is 0 Å². The minimum atomic E-state index is -0.271. The van der Waals surface area contributed by atoms with Crippen LogP contribution in [0, 0.1) is 6.92 Å². The lowest BCUT2D eigenvalue weighted by atomic mass is 10.1. The maximum Gasteiger partial charge on any atom is 0.269 e. The van der Waals surface area contributed by atoms with E-state index < -0.39 is 0 Å². The smallest absolute Gasteiger partial charge is 0.269 e. The van der Waals surface area contributed by atoms with Crippen LogP contribution in [0.4, 0.5) is 5.13 Å². The Morgan fingerprint density at radius 1 is 1.13 bits per heavy atom. The zero-order valence-corrected chi connectivity index (χ0v) is 19.0. The molecule has 0 saturated carbocycles. The van der Waals surface area contributed by atoms with E-state index in [1.54, 1.807) is 7.11 Å². The van der Waals surface area contributed by atoms with Crippen molar-refractivity contribution in [2.75, 3.05) is 19.0 Å². The maximum atomic E-state index is 12.9. The summed E-state index contributed by atoms with van der Waals surface area (Å²) in [5.41, 5.74) is 1.81. The van der Waals surface area contributed by atoms with Gasteiger partial charge in [0.15, 0.2) is 5.13 Å². The van der Waals surface area contributed by atoms with Gasteiger partial charge in [-0.05, 0) is 56.3 Å². The van der Waals surface area contributed by atoms with E-state index in [4.69, 9.17) is 21.1 Å². The van der Waals surface area contributed by atoms with Crippen LogP contribution in [0.1, 0.15) is 21.5 Å². The van der Waals surface area contributed by atoms with Crippen molar-refractivity contribution in [3.8, 4) is 22.8 Å². The molecule has 0 saturated heterocycles. The molecule has 0 aliphatic carbocycles. The molecule has 1 N–H and O–H groups in total. The number of thiophene rings is 1. The fourth-order valence-corrected chi connectivity index (χ4v) is 5.28. The van der Waals surface area contributed by atoms with Crippen LogP contribution in [-0.2, 0) is 0 Å². The zero-order chi connectivity index (χ0) is 21.3. The number of ether oxygens (including phenoxy) is 2. The molecule has 0 aliphatic rings. The molecule has 0 unspecified atom stereocenters. The number of rotatable bonds is 6. The van der Waals surface area contributed by atoms with E-state index in [1.165, 1.54) is 22.7 Å². The molecule has 8 heteroatoms. The van der Waals surface area contributed by atoms with Crippen LogP contribution in [-0.4, -0.2) is 24.6 Å². The molecular formula is C22H19ClN2O3S2. The molecule has 2 aromatic heterocycles. The zero-order valence-electron chi connectivity index (χ0n) is 16.6. The van der Waals surface area contributed by atoms with Crippen LogP contribution in [0.15, 0.2) is 42.5 Å². The van der Waals surface area contributed by atoms with Gasteiger partial charge < -0.3 is 9.47 Å². The van der Waals surface area contributed by atoms with Gasteiger partial charge in [-0.25, -0.2) is 4.98 Å². The average Bonchev–Trinajstić information content (AvgIpc) is 3.28. The second-order valence-corrected chi connectivity index (χ2v) is 9.08. The molecule has 30 heavy (non-hydrogen) atoms. The first-order valence-corrected chi connectivity index (χ1v) is 11.3. The van der Waals surface area contributed by atoms with E-state index in [0.29, 0.717) is 27.4 Å². The highest BCUT2D eigenvalue weighted by atomic mass is 35.5. The Morgan fingerprint density at radius 2 is 1.87 bits per heavy atom. The summed E-state index contributed by atoms with van der Waals surface area (Å²) in [4.78, 5) is 19.0. The highest BCUT2D eigenvalue weighted by Crippen LogP contribution is 2.38. The molecule has 4 rings (SSSR count). The molecule has 0 aliphatic heterocycles. The van der Waals surface area contributed by atoms with Crippen LogP contribution < -0.4 is 14.8 Å². The lowest BCUT2D eigenvalue weighted by molar-refractivity contribution is 0.103. The Bertz CT molecular complexity index is 1220. The molecule has 0 radical (unpaired) electrons. The fourth-order valence-electron chi connectivity index (χ4n) is 3.07. The summed E-state index contributed by atoms with van der Waals surface area (Å²) in [5, 5.41) is 4.65. The first-order valence-electron chi connectivity index (χ1n) is 9.28. The van der Waals surface area contributed by atoms with Crippen molar-refractivity contribution in [3.05, 3.63) is 57.2 Å². The first-order chi connectivity index (χ1) is 14.5. The standard InChI is InChI=1S/C22H19ClN2O3S2/c1-4-28-14-7-5-13(6-8-14)19-12(2)29-22(24-19)25-21(26)20-18(23)16-11-15(27-3)9-10-17(16)30-20/h5-11H,4H2,1-3H3,(H,24,25,26). The maximum absolute atomic E-state index is 12.9. The summed E-state index contributed by atoms with van der Waals surface area (Å²) < 4.78 is 11.7. The second-order valence-electron chi connectivity index (χ2n) is 6.44. The van der Waals surface area contributed by atoms with E-state index in [2.05, 4.69) is 10.3 Å². The molecule has 1 amide bonds. The number of aromatic nitrogens is 1. The van der Waals surface area contributed by atoms with Gasteiger partial charge in [-0.15, -0.1) is 22.7 Å². The molecule has 154 valence electrons. The third-order valence-corrected chi connectivity index (χ3v) is 7.06. The lowest BCUT2D eigenvalue weighted by Gasteiger charge is -2.04. The molecule has 2 heterocycles. The van der Waals surface area contributed by atoms with Crippen molar-refractivity contribution >= 4 is 55.4 Å². The van der Waals surface area contributed by atoms with Crippen LogP contribution in [0.3, 0.4) is 0 Å². The molecule has 0 spiro atoms. The SMILES string of the molecule is CCOc1ccc(-c2nc(NC(=O)c3sc4ccc(OC)cc4c3Cl)sc2C)cc1. The number of benzene rings is 2. The Morgan fingerprint density at radius 3 is 2.57 bits per heavy atom. The minimum Gasteiger partial charge on any atom is -0.497 e. The molecule has 5 nitrogen and oxygen atoms in total. The molecule has 0 bridgehead atoms. The van der Waals surface area contributed by atoms with Crippen molar-refractivity contribution in [2.45, 2.75) is 13.8 Å². The monoisotopic (exact) mass is 458 g/mol. The number of carbonyl (C=O) groups is 1. The van der Waals surface area contributed by atoms with Crippen molar-refractivity contribution in [2.24, 2.45) is 0 Å². The molecular weight excluding hydrogens is 440 g/mol. The van der Waals surface area contributed by atoms with Gasteiger partial charge in [-0.2, -0.15) is 0 Å². The van der Waals surface area contributed by atoms with Gasteiger partial charge in [-0.1, -0.05) is 11.6 Å². The first kappa shape index (κ1) is 20.7. The summed E-state index contributed by atoms with van der Waals surface area (Å²) in [5.74, 6) is 1.25. The molecule has 0 fully saturated rings. The Hall–Kier alpha value is -2.61. The summed E-state index contributed by atoms with van der Waals surface area (Å²) in [7, 11) is 1.60. The van der Waals surface area contributed by atoms with Gasteiger partial charge >= 0.3 is 0 Å². The highest BCUT2D eigenvalue weighted by molar-refractivity contribution is 7.22. The topological polar surface area (TPSA) is 60.5 Å². The van der Waals surface area contributed by atoms with E-state index in [1.807, 2.05) is 56.3 Å². The number of amides is 1. The van der Waals surface area contributed by atoms with Crippen LogP contribution in [0.5, 0.6) is 11.5 Å². The third kappa shape index (κ3) is 4.01. The van der Waals surface area contributed by atoms with Crippen molar-refractivity contribution in [3.63, 3.8) is 0 Å². The predicted molar refractivity (Wildman–Crippen MR) is 125 cm³/mol. The number of nitrogens with one attached hydrogen (secondary N) is 1. The second kappa shape index (κ2) is 8.63. The average molecular weight is 459 g/mol. The quantitative estimate of drug-likeness (QED) is 0.351. The van der Waals surface area contributed by atoms with Gasteiger partial charge in [-0.3, -0.25) is 10.1 Å². The van der Waals surface area contributed by atoms with E-state index >= 15 is 0 Å². The Labute approximate surface area is 187 Å². The predicted octanol–water partition coefficient (Wildman–Crippen LogP) is 6.65. The number of hydrogen-bond acceptors (Lipinski definition) is 6. The summed E-state index contributed by atoms with van der Waals surface area (Å²) in [6, 6.07) is 13.4. The van der Waals surface area contributed by atoms with E-state index in [0.717, 1.165) is 32.0 Å². The number of carbonyl (C=O) groups excluding carboxylic acids is 1. The van der Waals surface area contributed by atoms with E-state index in [-0.39, 0.29) is 5.91 Å². The number of fused-ring (bicyclic) bond motifs is 1. The number of aryl methyl sites for hydroxylation is 1. The highest BCUT2D eigenvalue weighted by Gasteiger charge is 2.20. The molecule has 2 aromatic carbocycles. The molecule has 4 aromatic rings. The van der Waals surface area contributed by atoms with Crippen LogP contribution in [0.2, 0.25) is 5.02 Å². The Balaban J connectivity index is 1.58. The summed E-state index contributed by atoms with van der Waals surface area (Å²) >= 11 is 9.27. The van der Waals surface area contributed by atoms with Crippen molar-refractivity contribution < 1.29 is 14.3 Å². The van der Waals surface area contributed by atoms with Gasteiger partial charge in [0.05, 0.1) is 24.4 Å². The number of nitrogens with zero attached hydrogens (tertiary/aromatic N) is 1. The number of anilines is 1. The number of thiazole rings is 1. The van der Waals surface area contributed by atoms with Crippen LogP contribution >= 0.6 is 34.3 Å².